The van der Waals surface area contributed by atoms with Crippen molar-refractivity contribution in [3.05, 3.63) is 0 Å². The Labute approximate surface area is 129 Å². The summed E-state index contributed by atoms with van der Waals surface area (Å²) in [5.41, 5.74) is 5.68. The number of rotatable bonds is 5. The number of carbonyl (C=O) groups excluding carboxylic acids is 1. The van der Waals surface area contributed by atoms with Gasteiger partial charge in [0.2, 0.25) is 5.91 Å². The highest BCUT2D eigenvalue weighted by molar-refractivity contribution is 5.85. The molecule has 0 spiro atoms. The van der Waals surface area contributed by atoms with Crippen molar-refractivity contribution in [2.75, 3.05) is 13.2 Å². The van der Waals surface area contributed by atoms with Crippen LogP contribution in [0.2, 0.25) is 0 Å². The molecular formula is C15H31ClN2O2. The Balaban J connectivity index is 0.00000361. The third-order valence-electron chi connectivity index (χ3n) is 3.98. The van der Waals surface area contributed by atoms with E-state index in [0.717, 1.165) is 6.42 Å². The molecule has 1 aliphatic carbocycles. The molecule has 20 heavy (non-hydrogen) atoms. The molecule has 3 atom stereocenters. The first-order valence-corrected chi connectivity index (χ1v) is 7.47. The van der Waals surface area contributed by atoms with Crippen LogP contribution < -0.4 is 11.1 Å². The molecule has 0 aliphatic heterocycles. The number of nitrogens with two attached hydrogens (primary N) is 1. The maximum absolute atomic E-state index is 11.8. The van der Waals surface area contributed by atoms with Crippen molar-refractivity contribution in [3.63, 3.8) is 0 Å². The van der Waals surface area contributed by atoms with Gasteiger partial charge in [-0.2, -0.15) is 0 Å². The van der Waals surface area contributed by atoms with Crippen molar-refractivity contribution in [3.8, 4) is 0 Å². The average molecular weight is 307 g/mol. The minimum atomic E-state index is -0.471. The zero-order chi connectivity index (χ0) is 14.5. The van der Waals surface area contributed by atoms with E-state index in [0.29, 0.717) is 25.2 Å². The van der Waals surface area contributed by atoms with Crippen molar-refractivity contribution < 1.29 is 9.53 Å². The molecule has 1 aliphatic rings. The van der Waals surface area contributed by atoms with Gasteiger partial charge in [0.1, 0.15) is 0 Å². The van der Waals surface area contributed by atoms with Crippen LogP contribution >= 0.6 is 12.4 Å². The summed E-state index contributed by atoms with van der Waals surface area (Å²) in [6.07, 6.45) is 5.35. The maximum Gasteiger partial charge on any atom is 0.237 e. The van der Waals surface area contributed by atoms with Gasteiger partial charge >= 0.3 is 0 Å². The van der Waals surface area contributed by atoms with Crippen molar-refractivity contribution in [2.24, 2.45) is 17.1 Å². The SMILES string of the molecule is CC1CCCCC1OCCNC(=O)[C@@H](N)C(C)(C)C.Cl. The Morgan fingerprint density at radius 1 is 1.35 bits per heavy atom. The van der Waals surface area contributed by atoms with E-state index in [1.54, 1.807) is 0 Å². The molecule has 1 saturated carbocycles. The Morgan fingerprint density at radius 2 is 1.95 bits per heavy atom. The Hall–Kier alpha value is -0.320. The number of ether oxygens (including phenoxy) is 1. The van der Waals surface area contributed by atoms with E-state index in [9.17, 15) is 4.79 Å². The Morgan fingerprint density at radius 3 is 2.50 bits per heavy atom. The summed E-state index contributed by atoms with van der Waals surface area (Å²) in [5, 5.41) is 2.85. The molecule has 4 nitrogen and oxygen atoms in total. The van der Waals surface area contributed by atoms with Gasteiger partial charge in [0.25, 0.3) is 0 Å². The molecule has 0 heterocycles. The summed E-state index contributed by atoms with van der Waals surface area (Å²) in [5.74, 6) is 0.550. The van der Waals surface area contributed by atoms with E-state index in [1.807, 2.05) is 20.8 Å². The lowest BCUT2D eigenvalue weighted by atomic mass is 9.87. The second-order valence-electron chi connectivity index (χ2n) is 6.81. The van der Waals surface area contributed by atoms with Crippen LogP contribution in [0, 0.1) is 11.3 Å². The summed E-state index contributed by atoms with van der Waals surface area (Å²) in [6.45, 7) is 9.29. The second kappa shape index (κ2) is 8.85. The molecule has 0 aromatic rings. The van der Waals surface area contributed by atoms with Crippen LogP contribution in [0.3, 0.4) is 0 Å². The number of hydrogen-bond acceptors (Lipinski definition) is 3. The van der Waals surface area contributed by atoms with Gasteiger partial charge < -0.3 is 15.8 Å². The number of amides is 1. The van der Waals surface area contributed by atoms with Gasteiger partial charge in [-0.3, -0.25) is 4.79 Å². The lowest BCUT2D eigenvalue weighted by Gasteiger charge is -2.29. The fraction of sp³-hybridized carbons (Fsp3) is 0.933. The lowest BCUT2D eigenvalue weighted by Crippen LogP contribution is -2.49. The van der Waals surface area contributed by atoms with E-state index in [2.05, 4.69) is 12.2 Å². The van der Waals surface area contributed by atoms with E-state index in [1.165, 1.54) is 19.3 Å². The molecule has 3 N–H and O–H groups in total. The van der Waals surface area contributed by atoms with Gasteiger partial charge in [0, 0.05) is 6.54 Å². The van der Waals surface area contributed by atoms with Crippen molar-refractivity contribution >= 4 is 18.3 Å². The molecule has 0 bridgehead atoms. The molecule has 0 radical (unpaired) electrons. The molecule has 0 aromatic heterocycles. The van der Waals surface area contributed by atoms with Gasteiger partial charge in [-0.15, -0.1) is 12.4 Å². The third-order valence-corrected chi connectivity index (χ3v) is 3.98. The summed E-state index contributed by atoms with van der Waals surface area (Å²) in [7, 11) is 0. The fourth-order valence-electron chi connectivity index (χ4n) is 2.42. The first kappa shape index (κ1) is 19.7. The highest BCUT2D eigenvalue weighted by atomic mass is 35.5. The van der Waals surface area contributed by atoms with Gasteiger partial charge in [-0.25, -0.2) is 0 Å². The quantitative estimate of drug-likeness (QED) is 0.767. The Kier molecular flexibility index (Phi) is 8.71. The van der Waals surface area contributed by atoms with E-state index >= 15 is 0 Å². The Bertz CT molecular complexity index is 292. The molecule has 5 heteroatoms. The van der Waals surface area contributed by atoms with Crippen LogP contribution in [0.15, 0.2) is 0 Å². The molecule has 1 rings (SSSR count). The summed E-state index contributed by atoms with van der Waals surface area (Å²) in [6, 6.07) is -0.471. The lowest BCUT2D eigenvalue weighted by molar-refractivity contribution is -0.125. The van der Waals surface area contributed by atoms with Gasteiger partial charge in [0.15, 0.2) is 0 Å². The summed E-state index contributed by atoms with van der Waals surface area (Å²) < 4.78 is 5.86. The minimum absolute atomic E-state index is 0. The van der Waals surface area contributed by atoms with Crippen molar-refractivity contribution in [2.45, 2.75) is 65.5 Å². The van der Waals surface area contributed by atoms with Crippen LogP contribution in [0.1, 0.15) is 53.4 Å². The van der Waals surface area contributed by atoms with Crippen LogP contribution in [-0.2, 0) is 9.53 Å². The molecule has 1 amide bonds. The second-order valence-corrected chi connectivity index (χ2v) is 6.81. The molecule has 0 aromatic carbocycles. The first-order chi connectivity index (χ1) is 8.82. The summed E-state index contributed by atoms with van der Waals surface area (Å²) in [4.78, 5) is 11.8. The highest BCUT2D eigenvalue weighted by Gasteiger charge is 2.27. The number of carbonyl (C=O) groups is 1. The number of nitrogens with one attached hydrogen (secondary N) is 1. The molecule has 2 unspecified atom stereocenters. The standard InChI is InChI=1S/C15H30N2O2.ClH/c1-11-7-5-6-8-12(11)19-10-9-17-14(18)13(16)15(2,3)4;/h11-13H,5-10,16H2,1-4H3,(H,17,18);1H/t11?,12?,13-;/m1./s1. The summed E-state index contributed by atoms with van der Waals surface area (Å²) >= 11 is 0. The topological polar surface area (TPSA) is 64.3 Å². The van der Waals surface area contributed by atoms with E-state index in [-0.39, 0.29) is 23.7 Å². The van der Waals surface area contributed by atoms with Crippen molar-refractivity contribution in [1.29, 1.82) is 0 Å². The number of hydrogen-bond donors (Lipinski definition) is 2. The monoisotopic (exact) mass is 306 g/mol. The van der Waals surface area contributed by atoms with Crippen LogP contribution in [-0.4, -0.2) is 31.2 Å². The predicted octanol–water partition coefficient (Wildman–Crippen LogP) is 2.49. The van der Waals surface area contributed by atoms with Gasteiger partial charge in [-0.1, -0.05) is 40.5 Å². The molecular weight excluding hydrogens is 276 g/mol. The highest BCUT2D eigenvalue weighted by Crippen LogP contribution is 2.26. The van der Waals surface area contributed by atoms with Gasteiger partial charge in [-0.05, 0) is 24.2 Å². The van der Waals surface area contributed by atoms with Crippen LogP contribution in [0.4, 0.5) is 0 Å². The zero-order valence-corrected chi connectivity index (χ0v) is 14.1. The number of halogens is 1. The minimum Gasteiger partial charge on any atom is -0.376 e. The first-order valence-electron chi connectivity index (χ1n) is 7.47. The smallest absolute Gasteiger partial charge is 0.237 e. The van der Waals surface area contributed by atoms with E-state index < -0.39 is 6.04 Å². The maximum atomic E-state index is 11.8. The van der Waals surface area contributed by atoms with Gasteiger partial charge in [0.05, 0.1) is 18.8 Å². The van der Waals surface area contributed by atoms with Crippen LogP contribution in [0.25, 0.3) is 0 Å². The normalized spacial score (nSPS) is 24.6. The molecule has 120 valence electrons. The van der Waals surface area contributed by atoms with Crippen molar-refractivity contribution in [1.82, 2.24) is 5.32 Å². The fourth-order valence-corrected chi connectivity index (χ4v) is 2.42. The third kappa shape index (κ3) is 6.42. The molecule has 1 fully saturated rings. The van der Waals surface area contributed by atoms with E-state index in [4.69, 9.17) is 10.5 Å². The predicted molar refractivity (Wildman–Crippen MR) is 85.1 cm³/mol. The molecule has 0 saturated heterocycles. The zero-order valence-electron chi connectivity index (χ0n) is 13.3. The average Bonchev–Trinajstić information content (AvgIpc) is 2.34. The largest absolute Gasteiger partial charge is 0.376 e. The van der Waals surface area contributed by atoms with Crippen LogP contribution in [0.5, 0.6) is 0 Å².